The van der Waals surface area contributed by atoms with Crippen LogP contribution in [0, 0.1) is 29.1 Å². The maximum absolute atomic E-state index is 13.9. The zero-order valence-corrected chi connectivity index (χ0v) is 15.5. The van der Waals surface area contributed by atoms with Crippen molar-refractivity contribution in [1.82, 2.24) is 0 Å². The third kappa shape index (κ3) is 4.88. The summed E-state index contributed by atoms with van der Waals surface area (Å²) < 4.78 is 93.9. The van der Waals surface area contributed by atoms with Crippen LogP contribution in [0.5, 0.6) is 17.2 Å². The summed E-state index contributed by atoms with van der Waals surface area (Å²) in [5, 5.41) is 0. The molecule has 6 nitrogen and oxygen atoms in total. The molecule has 0 unspecified atom stereocenters. The molecule has 12 heteroatoms. The Hall–Kier alpha value is -3.14. The Morgan fingerprint density at radius 3 is 1.33 bits per heavy atom. The lowest BCUT2D eigenvalue weighted by molar-refractivity contribution is -0.186. The van der Waals surface area contributed by atoms with E-state index in [1.807, 2.05) is 0 Å². The Morgan fingerprint density at radius 1 is 0.567 bits per heavy atom. The minimum absolute atomic E-state index is 0.0537. The van der Waals surface area contributed by atoms with Gasteiger partial charge in [-0.15, -0.1) is 0 Å². The van der Waals surface area contributed by atoms with Gasteiger partial charge < -0.3 is 14.3 Å². The lowest BCUT2D eigenvalue weighted by Gasteiger charge is -2.17. The predicted molar refractivity (Wildman–Crippen MR) is 90.8 cm³/mol. The fourth-order valence-corrected chi connectivity index (χ4v) is 2.77. The van der Waals surface area contributed by atoms with Crippen LogP contribution in [0.2, 0.25) is 0 Å². The van der Waals surface area contributed by atoms with E-state index in [2.05, 4.69) is 13.9 Å². The normalized spacial score (nSPS) is 11.2. The van der Waals surface area contributed by atoms with E-state index in [4.69, 9.17) is 9.78 Å². The summed E-state index contributed by atoms with van der Waals surface area (Å²) in [6, 6.07) is 14.5. The molecule has 0 fully saturated rings. The molecule has 3 aromatic carbocycles. The van der Waals surface area contributed by atoms with Crippen molar-refractivity contribution < 1.29 is 50.2 Å². The lowest BCUT2D eigenvalue weighted by atomic mass is 10.3. The van der Waals surface area contributed by atoms with Crippen molar-refractivity contribution >= 4 is 7.82 Å². The highest BCUT2D eigenvalue weighted by molar-refractivity contribution is 7.48. The number of halogens is 5. The van der Waals surface area contributed by atoms with Crippen LogP contribution in [-0.2, 0) is 13.9 Å². The van der Waals surface area contributed by atoms with Gasteiger partial charge in [0.25, 0.3) is 0 Å². The van der Waals surface area contributed by atoms with Crippen LogP contribution in [0.25, 0.3) is 0 Å². The molecule has 0 aliphatic heterocycles. The molecular weight excluding hydrogens is 438 g/mol. The molecule has 0 N–H and O–H groups in total. The van der Waals surface area contributed by atoms with Gasteiger partial charge in [-0.3, -0.25) is 0 Å². The van der Waals surface area contributed by atoms with Crippen molar-refractivity contribution in [3.63, 3.8) is 0 Å². The van der Waals surface area contributed by atoms with Gasteiger partial charge in [0.2, 0.25) is 34.8 Å². The van der Waals surface area contributed by atoms with E-state index in [9.17, 15) is 26.5 Å². The van der Waals surface area contributed by atoms with E-state index in [1.54, 1.807) is 12.1 Å². The van der Waals surface area contributed by atoms with Crippen molar-refractivity contribution in [2.45, 2.75) is 0 Å². The zero-order valence-electron chi connectivity index (χ0n) is 14.6. The first-order valence-corrected chi connectivity index (χ1v) is 9.40. The Kier molecular flexibility index (Phi) is 6.56. The van der Waals surface area contributed by atoms with Gasteiger partial charge in [0, 0.05) is 0 Å². The summed E-state index contributed by atoms with van der Waals surface area (Å²) >= 11 is 0. The number of para-hydroxylation sites is 2. The SMILES string of the molecule is O=P(OOc1ccccc1)(OOc1ccccc1)Oc1c(F)c(F)c(F)c(F)c1F. The maximum atomic E-state index is 13.9. The number of hydrogen-bond donors (Lipinski definition) is 0. The van der Waals surface area contributed by atoms with Gasteiger partial charge >= 0.3 is 7.82 Å². The van der Waals surface area contributed by atoms with E-state index in [1.165, 1.54) is 48.5 Å². The van der Waals surface area contributed by atoms with Gasteiger partial charge in [-0.25, -0.2) is 17.7 Å². The Morgan fingerprint density at radius 2 is 0.933 bits per heavy atom. The molecule has 0 aliphatic carbocycles. The molecule has 0 bridgehead atoms. The monoisotopic (exact) mass is 448 g/mol. The first-order chi connectivity index (χ1) is 14.3. The molecule has 0 saturated carbocycles. The summed E-state index contributed by atoms with van der Waals surface area (Å²) in [5.41, 5.74) is 0. The zero-order chi connectivity index (χ0) is 21.7. The topological polar surface area (TPSA) is 63.2 Å². The lowest BCUT2D eigenvalue weighted by Crippen LogP contribution is -2.11. The first kappa shape index (κ1) is 21.6. The highest BCUT2D eigenvalue weighted by atomic mass is 31.2. The Balaban J connectivity index is 1.90. The molecule has 0 amide bonds. The second-order valence-electron chi connectivity index (χ2n) is 5.38. The van der Waals surface area contributed by atoms with E-state index in [0.29, 0.717) is 0 Å². The van der Waals surface area contributed by atoms with Crippen LogP contribution in [0.15, 0.2) is 60.7 Å². The number of benzene rings is 3. The van der Waals surface area contributed by atoms with E-state index >= 15 is 0 Å². The summed E-state index contributed by atoms with van der Waals surface area (Å²) in [6.07, 6.45) is 0. The molecule has 0 spiro atoms. The van der Waals surface area contributed by atoms with Crippen molar-refractivity contribution in [2.24, 2.45) is 0 Å². The van der Waals surface area contributed by atoms with Crippen molar-refractivity contribution in [2.75, 3.05) is 0 Å². The largest absolute Gasteiger partial charge is 0.604 e. The number of rotatable bonds is 8. The average Bonchev–Trinajstić information content (AvgIpc) is 2.78. The van der Waals surface area contributed by atoms with Crippen molar-refractivity contribution in [3.8, 4) is 17.2 Å². The van der Waals surface area contributed by atoms with Crippen LogP contribution >= 0.6 is 7.82 Å². The quantitative estimate of drug-likeness (QED) is 0.107. The minimum atomic E-state index is -5.26. The van der Waals surface area contributed by atoms with E-state index < -0.39 is 42.7 Å². The molecule has 158 valence electrons. The molecule has 0 aliphatic rings. The van der Waals surface area contributed by atoms with E-state index in [0.717, 1.165) is 0 Å². The van der Waals surface area contributed by atoms with Gasteiger partial charge in [0.15, 0.2) is 11.5 Å². The van der Waals surface area contributed by atoms with Crippen molar-refractivity contribution in [1.29, 1.82) is 0 Å². The average molecular weight is 448 g/mol. The smallest absolute Gasteiger partial charge is 0.394 e. The fourth-order valence-electron chi connectivity index (χ4n) is 1.95. The molecule has 0 heterocycles. The van der Waals surface area contributed by atoms with Crippen LogP contribution < -0.4 is 14.3 Å². The highest BCUT2D eigenvalue weighted by Gasteiger charge is 2.39. The predicted octanol–water partition coefficient (Wildman–Crippen LogP) is 5.89. The third-order valence-corrected chi connectivity index (χ3v) is 4.23. The Labute approximate surface area is 165 Å². The first-order valence-electron chi connectivity index (χ1n) is 7.94. The van der Waals surface area contributed by atoms with Gasteiger partial charge in [0.1, 0.15) is 0 Å². The molecule has 0 aromatic heterocycles. The summed E-state index contributed by atoms with van der Waals surface area (Å²) in [4.78, 5) is 9.39. The second-order valence-corrected chi connectivity index (χ2v) is 6.75. The third-order valence-electron chi connectivity index (χ3n) is 3.31. The summed E-state index contributed by atoms with van der Waals surface area (Å²) in [7, 11) is -5.26. The number of phosphoric acid groups is 1. The van der Waals surface area contributed by atoms with Crippen LogP contribution in [0.4, 0.5) is 22.0 Å². The molecule has 0 atom stereocenters. The molecule has 0 saturated heterocycles. The van der Waals surface area contributed by atoms with E-state index in [-0.39, 0.29) is 11.5 Å². The van der Waals surface area contributed by atoms with Crippen LogP contribution in [-0.4, -0.2) is 0 Å². The van der Waals surface area contributed by atoms with Gasteiger partial charge in [-0.1, -0.05) is 45.7 Å². The van der Waals surface area contributed by atoms with Crippen LogP contribution in [0.3, 0.4) is 0 Å². The summed E-state index contributed by atoms with van der Waals surface area (Å²) in [5.74, 6) is -13.9. The number of hydrogen-bond acceptors (Lipinski definition) is 6. The molecule has 3 rings (SSSR count). The van der Waals surface area contributed by atoms with Gasteiger partial charge in [-0.05, 0) is 24.3 Å². The second kappa shape index (κ2) is 9.12. The standard InChI is InChI=1S/C18H10F5O6P/c19-13-14(20)16(22)18(17(23)15(13)21)27-30(24,28-25-11-7-3-1-4-8-11)29-26-12-9-5-2-6-10-12/h1-10H. The summed E-state index contributed by atoms with van der Waals surface area (Å²) in [6.45, 7) is 0. The van der Waals surface area contributed by atoms with Crippen molar-refractivity contribution in [3.05, 3.63) is 89.7 Å². The maximum Gasteiger partial charge on any atom is 0.604 e. The van der Waals surface area contributed by atoms with Crippen LogP contribution in [0.1, 0.15) is 0 Å². The Bertz CT molecular complexity index is 991. The minimum Gasteiger partial charge on any atom is -0.394 e. The van der Waals surface area contributed by atoms with Gasteiger partial charge in [0.05, 0.1) is 0 Å². The van der Waals surface area contributed by atoms with Gasteiger partial charge in [-0.2, -0.15) is 8.78 Å². The molecule has 0 radical (unpaired) electrons. The fraction of sp³-hybridized carbons (Fsp3) is 0. The molecular formula is C18H10F5O6P. The highest BCUT2D eigenvalue weighted by Crippen LogP contribution is 2.51. The molecule has 30 heavy (non-hydrogen) atoms. The molecule has 3 aromatic rings.